The van der Waals surface area contributed by atoms with Crippen LogP contribution in [-0.4, -0.2) is 24.9 Å². The van der Waals surface area contributed by atoms with E-state index < -0.39 is 7.81 Å². The van der Waals surface area contributed by atoms with Crippen molar-refractivity contribution in [3.8, 4) is 45.4 Å². The van der Waals surface area contributed by atoms with Gasteiger partial charge in [0.15, 0.2) is 0 Å². The summed E-state index contributed by atoms with van der Waals surface area (Å²) in [4.78, 5) is 22.1. The molecule has 5 nitrogen and oxygen atoms in total. The number of pyridine rings is 5. The van der Waals surface area contributed by atoms with Crippen LogP contribution in [0, 0.1) is 6.07 Å². The molecular formula is C31H21ClF6N5PRu. The van der Waals surface area contributed by atoms with Crippen molar-refractivity contribution in [3.05, 3.63) is 139 Å². The maximum absolute atomic E-state index is 10.7. The summed E-state index contributed by atoms with van der Waals surface area (Å²) in [7, 11) is -10.7. The molecule has 14 heteroatoms. The van der Waals surface area contributed by atoms with Crippen molar-refractivity contribution in [2.75, 3.05) is 0 Å². The van der Waals surface area contributed by atoms with Crippen molar-refractivity contribution in [1.82, 2.24) is 24.9 Å². The fourth-order valence-electron chi connectivity index (χ4n) is 3.58. The molecule has 0 saturated heterocycles. The number of hydrogen-bond donors (Lipinski definition) is 0. The summed E-state index contributed by atoms with van der Waals surface area (Å²) in [6, 6.07) is 37.8. The van der Waals surface area contributed by atoms with Crippen molar-refractivity contribution in [2.45, 2.75) is 0 Å². The smallest absolute Gasteiger partial charge is 0.295 e. The van der Waals surface area contributed by atoms with Crippen LogP contribution in [0.4, 0.5) is 25.2 Å². The van der Waals surface area contributed by atoms with Crippen LogP contribution in [0.2, 0.25) is 5.02 Å². The Bertz CT molecular complexity index is 1680. The molecule has 0 N–H and O–H groups in total. The van der Waals surface area contributed by atoms with Gasteiger partial charge >= 0.3 is 52.5 Å². The fourth-order valence-corrected chi connectivity index (χ4v) is 3.79. The number of rotatable bonds is 4. The summed E-state index contributed by atoms with van der Waals surface area (Å²) >= 11 is 6.15. The maximum Gasteiger partial charge on any atom is 2.00 e. The molecule has 0 amide bonds. The minimum absolute atomic E-state index is 0. The Morgan fingerprint density at radius 1 is 0.489 bits per heavy atom. The Hall–Kier alpha value is -4.11. The van der Waals surface area contributed by atoms with Gasteiger partial charge in [-0.05, 0) is 60.3 Å². The van der Waals surface area contributed by atoms with Gasteiger partial charge in [-0.2, -0.15) is 0 Å². The minimum atomic E-state index is -10.7. The van der Waals surface area contributed by atoms with Crippen molar-refractivity contribution in [3.63, 3.8) is 0 Å². The topological polar surface area (TPSA) is 64.5 Å². The molecule has 5 heterocycles. The van der Waals surface area contributed by atoms with E-state index in [-0.39, 0.29) is 19.5 Å². The van der Waals surface area contributed by atoms with Crippen molar-refractivity contribution < 1.29 is 44.7 Å². The molecule has 0 aliphatic heterocycles. The SMILES string of the molecule is Clc1cc(-c2ccccn2)nc(-c2ccccn2)c1.F[P-](F)(F)(F)(F)F.[Ru+2].[c-]1ccccc1-c1cccc(-c2ccccn2)n1. The quantitative estimate of drug-likeness (QED) is 0.0778. The second-order valence-electron chi connectivity index (χ2n) is 8.84. The van der Waals surface area contributed by atoms with Crippen LogP contribution in [0.3, 0.4) is 0 Å². The Morgan fingerprint density at radius 3 is 1.31 bits per heavy atom. The maximum atomic E-state index is 9.87. The monoisotopic (exact) mass is 745 g/mol. The zero-order valence-corrected chi connectivity index (χ0v) is 26.2. The standard InChI is InChI=1S/C16H11N2.C15H10ClN3.F6P.Ru/c1-2-7-13(8-3-1)14-10-6-11-16(18-14)15-9-4-5-12-17-15;16-11-9-14(12-5-1-3-7-17-12)19-15(10-11)13-6-2-4-8-18-13;1-7(2,3,4,5)6;/h1-7,9-12H;1-10H;;/q-1;;-1;+2. The molecule has 5 aromatic heterocycles. The van der Waals surface area contributed by atoms with Crippen LogP contribution in [0.5, 0.6) is 0 Å². The predicted molar refractivity (Wildman–Crippen MR) is 161 cm³/mol. The minimum Gasteiger partial charge on any atom is -0.295 e. The number of nitrogens with zero attached hydrogens (tertiary/aromatic N) is 5. The molecule has 1 aromatic carbocycles. The van der Waals surface area contributed by atoms with E-state index >= 15 is 0 Å². The summed E-state index contributed by atoms with van der Waals surface area (Å²) in [5.74, 6) is 0. The van der Waals surface area contributed by atoms with Gasteiger partial charge in [0.25, 0.3) is 0 Å². The van der Waals surface area contributed by atoms with Gasteiger partial charge in [-0.25, -0.2) is 4.98 Å². The molecule has 0 bridgehead atoms. The molecule has 0 aliphatic carbocycles. The number of aromatic nitrogens is 5. The first-order valence-corrected chi connectivity index (χ1v) is 15.0. The third-order valence-corrected chi connectivity index (χ3v) is 5.52. The van der Waals surface area contributed by atoms with Crippen molar-refractivity contribution in [2.24, 2.45) is 0 Å². The second kappa shape index (κ2) is 14.3. The molecule has 0 fully saturated rings. The molecule has 0 atom stereocenters. The van der Waals surface area contributed by atoms with E-state index in [0.717, 1.165) is 45.4 Å². The Morgan fingerprint density at radius 2 is 0.889 bits per heavy atom. The van der Waals surface area contributed by atoms with Crippen LogP contribution in [-0.2, 0) is 19.5 Å². The second-order valence-corrected chi connectivity index (χ2v) is 11.2. The molecule has 6 aromatic rings. The van der Waals surface area contributed by atoms with Crippen LogP contribution in [0.1, 0.15) is 0 Å². The number of benzene rings is 1. The van der Waals surface area contributed by atoms with Gasteiger partial charge in [-0.3, -0.25) is 19.9 Å². The van der Waals surface area contributed by atoms with Crippen molar-refractivity contribution in [1.29, 1.82) is 0 Å². The Kier molecular flexibility index (Phi) is 11.3. The molecule has 45 heavy (non-hydrogen) atoms. The average molecular weight is 745 g/mol. The first-order chi connectivity index (χ1) is 20.7. The van der Waals surface area contributed by atoms with Crippen LogP contribution in [0.15, 0.2) is 128 Å². The van der Waals surface area contributed by atoms with Gasteiger partial charge in [0.05, 0.1) is 34.2 Å². The summed E-state index contributed by atoms with van der Waals surface area (Å²) < 4.78 is 59.2. The van der Waals surface area contributed by atoms with E-state index in [4.69, 9.17) is 11.6 Å². The van der Waals surface area contributed by atoms with Crippen LogP contribution in [0.25, 0.3) is 45.4 Å². The molecule has 232 valence electrons. The van der Waals surface area contributed by atoms with Gasteiger partial charge < -0.3 is 0 Å². The molecule has 0 aliphatic rings. The molecular weight excluding hydrogens is 724 g/mol. The van der Waals surface area contributed by atoms with Crippen molar-refractivity contribution >= 4 is 19.4 Å². The Balaban J connectivity index is 0.000000200. The third-order valence-electron chi connectivity index (χ3n) is 5.31. The zero-order valence-electron chi connectivity index (χ0n) is 22.8. The van der Waals surface area contributed by atoms with Gasteiger partial charge in [0.2, 0.25) is 0 Å². The Labute approximate surface area is 272 Å². The largest absolute Gasteiger partial charge is 2.00 e. The molecule has 0 unspecified atom stereocenters. The van der Waals surface area contributed by atoms with E-state index in [9.17, 15) is 25.2 Å². The van der Waals surface area contributed by atoms with E-state index in [0.29, 0.717) is 5.02 Å². The third kappa shape index (κ3) is 13.2. The average Bonchev–Trinajstić information content (AvgIpc) is 3.01. The first kappa shape index (κ1) is 35.4. The van der Waals surface area contributed by atoms with Gasteiger partial charge in [0, 0.05) is 23.6 Å². The van der Waals surface area contributed by atoms with Crippen LogP contribution < -0.4 is 0 Å². The summed E-state index contributed by atoms with van der Waals surface area (Å²) in [5, 5.41) is 0.622. The first-order valence-electron chi connectivity index (χ1n) is 12.6. The molecule has 0 spiro atoms. The summed E-state index contributed by atoms with van der Waals surface area (Å²) in [5.41, 5.74) is 6.75. The van der Waals surface area contributed by atoms with E-state index in [1.54, 1.807) is 30.7 Å². The molecule has 0 saturated carbocycles. The van der Waals surface area contributed by atoms with E-state index in [2.05, 4.69) is 31.0 Å². The summed E-state index contributed by atoms with van der Waals surface area (Å²) in [6.45, 7) is 0. The number of hydrogen-bond acceptors (Lipinski definition) is 5. The summed E-state index contributed by atoms with van der Waals surface area (Å²) in [6.07, 6.45) is 5.25. The van der Waals surface area contributed by atoms with Gasteiger partial charge in [0.1, 0.15) is 0 Å². The van der Waals surface area contributed by atoms with Gasteiger partial charge in [-0.1, -0.05) is 41.9 Å². The molecule has 0 radical (unpaired) electrons. The normalized spacial score (nSPS) is 12.1. The van der Waals surface area contributed by atoms with E-state index in [1.165, 1.54) is 0 Å². The predicted octanol–water partition coefficient (Wildman–Crippen LogP) is 10.8. The zero-order chi connectivity index (χ0) is 31.7. The fraction of sp³-hybridized carbons (Fsp3) is 0. The number of halogens is 7. The van der Waals surface area contributed by atoms with E-state index in [1.807, 2.05) is 97.1 Å². The van der Waals surface area contributed by atoms with Gasteiger partial charge in [-0.15, -0.1) is 35.9 Å². The van der Waals surface area contributed by atoms with Crippen LogP contribution >= 0.6 is 19.4 Å². The molecule has 6 rings (SSSR count).